The third kappa shape index (κ3) is 6.49. The summed E-state index contributed by atoms with van der Waals surface area (Å²) in [5, 5.41) is 3.00. The number of hydrogen-bond acceptors (Lipinski definition) is 4. The van der Waals surface area contributed by atoms with Gasteiger partial charge in [0.2, 0.25) is 0 Å². The Morgan fingerprint density at radius 1 is 1.04 bits per heavy atom. The van der Waals surface area contributed by atoms with Gasteiger partial charge >= 0.3 is 6.03 Å². The van der Waals surface area contributed by atoms with Crippen LogP contribution in [0.3, 0.4) is 0 Å². The van der Waals surface area contributed by atoms with E-state index in [-0.39, 0.29) is 12.1 Å². The van der Waals surface area contributed by atoms with Gasteiger partial charge in [-0.1, -0.05) is 30.3 Å². The Morgan fingerprint density at radius 3 is 2.41 bits per heavy atom. The molecule has 0 radical (unpaired) electrons. The summed E-state index contributed by atoms with van der Waals surface area (Å²) in [4.78, 5) is 16.1. The number of rotatable bonds is 9. The van der Waals surface area contributed by atoms with E-state index in [1.54, 1.807) is 19.1 Å². The van der Waals surface area contributed by atoms with Crippen LogP contribution >= 0.6 is 0 Å². The van der Waals surface area contributed by atoms with Gasteiger partial charge in [-0.05, 0) is 43.9 Å². The SMILES string of the molecule is COc1cccc(C(CNC(=O)N(C)CCOc2ccccc2)N(C)C)c1. The van der Waals surface area contributed by atoms with Crippen LogP contribution in [0.5, 0.6) is 11.5 Å². The highest BCUT2D eigenvalue weighted by atomic mass is 16.5. The van der Waals surface area contributed by atoms with Crippen LogP contribution in [0.15, 0.2) is 54.6 Å². The molecule has 0 aliphatic rings. The lowest BCUT2D eigenvalue weighted by atomic mass is 10.1. The molecule has 146 valence electrons. The zero-order chi connectivity index (χ0) is 19.6. The zero-order valence-electron chi connectivity index (χ0n) is 16.5. The van der Waals surface area contributed by atoms with Crippen LogP contribution in [-0.4, -0.2) is 63.8 Å². The maximum Gasteiger partial charge on any atom is 0.317 e. The molecule has 0 aromatic heterocycles. The van der Waals surface area contributed by atoms with Gasteiger partial charge in [0.15, 0.2) is 0 Å². The van der Waals surface area contributed by atoms with Crippen LogP contribution in [0.4, 0.5) is 4.79 Å². The van der Waals surface area contributed by atoms with Crippen LogP contribution in [0, 0.1) is 0 Å². The average molecular weight is 371 g/mol. The summed E-state index contributed by atoms with van der Waals surface area (Å²) in [6, 6.07) is 17.4. The molecule has 0 aliphatic heterocycles. The molecule has 6 nitrogen and oxygen atoms in total. The van der Waals surface area contributed by atoms with Crippen molar-refractivity contribution in [1.29, 1.82) is 0 Å². The maximum atomic E-state index is 12.4. The van der Waals surface area contributed by atoms with Crippen LogP contribution in [0.25, 0.3) is 0 Å². The van der Waals surface area contributed by atoms with Crippen molar-refractivity contribution in [1.82, 2.24) is 15.1 Å². The van der Waals surface area contributed by atoms with Gasteiger partial charge in [0, 0.05) is 13.6 Å². The van der Waals surface area contributed by atoms with E-state index in [9.17, 15) is 4.79 Å². The Hall–Kier alpha value is -2.73. The molecule has 2 amide bonds. The number of carbonyl (C=O) groups is 1. The van der Waals surface area contributed by atoms with Crippen LogP contribution in [-0.2, 0) is 0 Å². The number of benzene rings is 2. The first kappa shape index (κ1) is 20.6. The smallest absolute Gasteiger partial charge is 0.317 e. The predicted octanol–water partition coefficient (Wildman–Crippen LogP) is 3.02. The first-order valence-corrected chi connectivity index (χ1v) is 8.98. The van der Waals surface area contributed by atoms with E-state index >= 15 is 0 Å². The van der Waals surface area contributed by atoms with Crippen molar-refractivity contribution in [2.75, 3.05) is 47.9 Å². The third-order valence-electron chi connectivity index (χ3n) is 4.33. The molecular weight excluding hydrogens is 342 g/mol. The zero-order valence-corrected chi connectivity index (χ0v) is 16.5. The molecule has 0 heterocycles. The summed E-state index contributed by atoms with van der Waals surface area (Å²) < 4.78 is 10.9. The molecular formula is C21H29N3O3. The normalized spacial score (nSPS) is 11.7. The van der Waals surface area contributed by atoms with Gasteiger partial charge in [0.1, 0.15) is 18.1 Å². The fourth-order valence-electron chi connectivity index (χ4n) is 2.68. The van der Waals surface area contributed by atoms with E-state index in [1.807, 2.05) is 68.7 Å². The van der Waals surface area contributed by atoms with Crippen molar-refractivity contribution >= 4 is 6.03 Å². The van der Waals surface area contributed by atoms with Crippen molar-refractivity contribution < 1.29 is 14.3 Å². The van der Waals surface area contributed by atoms with Crippen molar-refractivity contribution in [3.63, 3.8) is 0 Å². The number of nitrogens with one attached hydrogen (secondary N) is 1. The van der Waals surface area contributed by atoms with Crippen molar-refractivity contribution in [3.8, 4) is 11.5 Å². The second kappa shape index (κ2) is 10.4. The third-order valence-corrected chi connectivity index (χ3v) is 4.33. The van der Waals surface area contributed by atoms with E-state index < -0.39 is 0 Å². The first-order chi connectivity index (χ1) is 13.0. The molecule has 0 fully saturated rings. The average Bonchev–Trinajstić information content (AvgIpc) is 2.68. The molecule has 2 aromatic carbocycles. The minimum atomic E-state index is -0.124. The van der Waals surface area contributed by atoms with E-state index in [1.165, 1.54) is 0 Å². The number of carbonyl (C=O) groups excluding carboxylic acids is 1. The summed E-state index contributed by atoms with van der Waals surface area (Å²) in [6.45, 7) is 1.45. The lowest BCUT2D eigenvalue weighted by molar-refractivity contribution is 0.190. The Labute approximate surface area is 161 Å². The maximum absolute atomic E-state index is 12.4. The number of likely N-dealkylation sites (N-methyl/N-ethyl adjacent to an activating group) is 2. The molecule has 2 aromatic rings. The molecule has 0 bridgehead atoms. The largest absolute Gasteiger partial charge is 0.497 e. The quantitative estimate of drug-likeness (QED) is 0.736. The number of hydrogen-bond donors (Lipinski definition) is 1. The second-order valence-corrected chi connectivity index (χ2v) is 6.53. The summed E-state index contributed by atoms with van der Waals surface area (Å²) in [5.74, 6) is 1.61. The molecule has 0 saturated carbocycles. The van der Waals surface area contributed by atoms with Crippen molar-refractivity contribution in [3.05, 3.63) is 60.2 Å². The van der Waals surface area contributed by atoms with Gasteiger partial charge in [-0.3, -0.25) is 0 Å². The lowest BCUT2D eigenvalue weighted by Crippen LogP contribution is -2.42. The van der Waals surface area contributed by atoms with Crippen molar-refractivity contribution in [2.24, 2.45) is 0 Å². The molecule has 0 saturated heterocycles. The molecule has 6 heteroatoms. The standard InChI is InChI=1S/C21H29N3O3/c1-23(2)20(17-9-8-12-19(15-17)26-4)16-22-21(25)24(3)13-14-27-18-10-6-5-7-11-18/h5-12,15,20H,13-14,16H2,1-4H3,(H,22,25). The van der Waals surface area contributed by atoms with Gasteiger partial charge in [0.05, 0.1) is 19.7 Å². The van der Waals surface area contributed by atoms with Crippen molar-refractivity contribution in [2.45, 2.75) is 6.04 Å². The number of nitrogens with zero attached hydrogens (tertiary/aromatic N) is 2. The van der Waals surface area contributed by atoms with Gasteiger partial charge in [0.25, 0.3) is 0 Å². The van der Waals surface area contributed by atoms with E-state index in [4.69, 9.17) is 9.47 Å². The summed E-state index contributed by atoms with van der Waals surface area (Å²) in [7, 11) is 7.40. The van der Waals surface area contributed by atoms with Crippen LogP contribution in [0.1, 0.15) is 11.6 Å². The number of methoxy groups -OCH3 is 1. The molecule has 1 N–H and O–H groups in total. The van der Waals surface area contributed by atoms with Gasteiger partial charge in [-0.2, -0.15) is 0 Å². The van der Waals surface area contributed by atoms with E-state index in [0.717, 1.165) is 17.1 Å². The van der Waals surface area contributed by atoms with Crippen LogP contribution < -0.4 is 14.8 Å². The molecule has 2 rings (SSSR count). The molecule has 1 atom stereocenters. The lowest BCUT2D eigenvalue weighted by Gasteiger charge is -2.27. The highest BCUT2D eigenvalue weighted by Gasteiger charge is 2.17. The number of amides is 2. The fourth-order valence-corrected chi connectivity index (χ4v) is 2.68. The second-order valence-electron chi connectivity index (χ2n) is 6.53. The first-order valence-electron chi connectivity index (χ1n) is 8.98. The van der Waals surface area contributed by atoms with Gasteiger partial charge in [-0.25, -0.2) is 4.79 Å². The number of para-hydroxylation sites is 1. The minimum Gasteiger partial charge on any atom is -0.497 e. The minimum absolute atomic E-state index is 0.0537. The van der Waals surface area contributed by atoms with E-state index in [2.05, 4.69) is 10.2 Å². The van der Waals surface area contributed by atoms with Gasteiger partial charge < -0.3 is 24.6 Å². The topological polar surface area (TPSA) is 54.0 Å². The Kier molecular flexibility index (Phi) is 7.95. The number of urea groups is 1. The van der Waals surface area contributed by atoms with Gasteiger partial charge in [-0.15, -0.1) is 0 Å². The molecule has 0 aliphatic carbocycles. The summed E-state index contributed by atoms with van der Waals surface area (Å²) in [6.07, 6.45) is 0. The number of ether oxygens (including phenoxy) is 2. The molecule has 0 spiro atoms. The Morgan fingerprint density at radius 2 is 1.74 bits per heavy atom. The summed E-state index contributed by atoms with van der Waals surface area (Å²) >= 11 is 0. The molecule has 27 heavy (non-hydrogen) atoms. The van der Waals surface area contributed by atoms with E-state index in [0.29, 0.717) is 19.7 Å². The summed E-state index contributed by atoms with van der Waals surface area (Å²) in [5.41, 5.74) is 1.09. The Bertz CT molecular complexity index is 707. The predicted molar refractivity (Wildman–Crippen MR) is 107 cm³/mol. The fraction of sp³-hybridized carbons (Fsp3) is 0.381. The molecule has 1 unspecified atom stereocenters. The monoisotopic (exact) mass is 371 g/mol. The highest BCUT2D eigenvalue weighted by molar-refractivity contribution is 5.73. The van der Waals surface area contributed by atoms with Crippen LogP contribution in [0.2, 0.25) is 0 Å². The highest BCUT2D eigenvalue weighted by Crippen LogP contribution is 2.22. The Balaban J connectivity index is 1.83.